The van der Waals surface area contributed by atoms with Gasteiger partial charge in [-0.3, -0.25) is 4.79 Å². The first-order valence-corrected chi connectivity index (χ1v) is 9.02. The van der Waals surface area contributed by atoms with Crippen LogP contribution in [-0.4, -0.2) is 37.8 Å². The van der Waals surface area contributed by atoms with E-state index in [1.165, 1.54) is 5.56 Å². The number of carbonyl (C=O) groups is 1. The summed E-state index contributed by atoms with van der Waals surface area (Å²) in [6.45, 7) is 1.78. The van der Waals surface area contributed by atoms with Crippen molar-refractivity contribution in [2.75, 3.05) is 27.0 Å². The summed E-state index contributed by atoms with van der Waals surface area (Å²) in [6.07, 6.45) is 1.35. The van der Waals surface area contributed by atoms with Crippen LogP contribution in [0.1, 0.15) is 36.0 Å². The van der Waals surface area contributed by atoms with E-state index in [9.17, 15) is 4.79 Å². The lowest BCUT2D eigenvalue weighted by Gasteiger charge is -2.34. The molecular weight excluding hydrogens is 330 g/mol. The lowest BCUT2D eigenvalue weighted by Crippen LogP contribution is -2.41. The van der Waals surface area contributed by atoms with Crippen LogP contribution in [0, 0.1) is 0 Å². The van der Waals surface area contributed by atoms with Crippen LogP contribution in [0.3, 0.4) is 0 Å². The number of hydrogen-bond donors (Lipinski definition) is 0. The molecule has 1 amide bonds. The molecule has 1 fully saturated rings. The second kappa shape index (κ2) is 7.38. The van der Waals surface area contributed by atoms with Gasteiger partial charge in [0.15, 0.2) is 17.6 Å². The Hall–Kier alpha value is -2.53. The first-order valence-electron chi connectivity index (χ1n) is 9.02. The molecule has 2 aliphatic rings. The highest BCUT2D eigenvalue weighted by Crippen LogP contribution is 2.37. The quantitative estimate of drug-likeness (QED) is 0.844. The fourth-order valence-corrected chi connectivity index (χ4v) is 3.77. The number of amides is 1. The summed E-state index contributed by atoms with van der Waals surface area (Å²) in [5, 5.41) is 0. The van der Waals surface area contributed by atoms with Crippen LogP contribution in [0.5, 0.6) is 11.5 Å². The fourth-order valence-electron chi connectivity index (χ4n) is 3.77. The average molecular weight is 353 g/mol. The van der Waals surface area contributed by atoms with Gasteiger partial charge in [0.05, 0.1) is 0 Å². The maximum atomic E-state index is 12.9. The number of nitrogens with zero attached hydrogens (tertiary/aromatic N) is 1. The van der Waals surface area contributed by atoms with Gasteiger partial charge in [0.1, 0.15) is 0 Å². The summed E-state index contributed by atoms with van der Waals surface area (Å²) in [6, 6.07) is 15.8. The van der Waals surface area contributed by atoms with Gasteiger partial charge in [-0.05, 0) is 42.0 Å². The van der Waals surface area contributed by atoms with E-state index in [-0.39, 0.29) is 5.91 Å². The topological polar surface area (TPSA) is 48.0 Å². The van der Waals surface area contributed by atoms with Crippen molar-refractivity contribution in [2.45, 2.75) is 24.9 Å². The highest BCUT2D eigenvalue weighted by atomic mass is 16.7. The molecule has 2 aromatic rings. The molecule has 0 unspecified atom stereocenters. The Labute approximate surface area is 153 Å². The molecule has 26 heavy (non-hydrogen) atoms. The van der Waals surface area contributed by atoms with E-state index in [4.69, 9.17) is 14.2 Å². The van der Waals surface area contributed by atoms with Crippen LogP contribution in [0.4, 0.5) is 0 Å². The molecule has 2 aromatic carbocycles. The maximum absolute atomic E-state index is 12.9. The van der Waals surface area contributed by atoms with Crippen LogP contribution >= 0.6 is 0 Å². The van der Waals surface area contributed by atoms with Crippen molar-refractivity contribution in [1.29, 1.82) is 0 Å². The molecule has 0 bridgehead atoms. The minimum absolute atomic E-state index is 0.0443. The van der Waals surface area contributed by atoms with Gasteiger partial charge in [-0.25, -0.2) is 0 Å². The highest BCUT2D eigenvalue weighted by molar-refractivity contribution is 5.82. The number of rotatable bonds is 4. The van der Waals surface area contributed by atoms with Crippen molar-refractivity contribution in [3.8, 4) is 11.5 Å². The van der Waals surface area contributed by atoms with E-state index in [0.717, 1.165) is 43.0 Å². The van der Waals surface area contributed by atoms with Gasteiger partial charge in [0.25, 0.3) is 5.91 Å². The molecule has 0 saturated carbocycles. The minimum atomic E-state index is -0.529. The number of piperidine rings is 1. The van der Waals surface area contributed by atoms with Crippen LogP contribution in [0.2, 0.25) is 0 Å². The first kappa shape index (κ1) is 16.9. The second-order valence-corrected chi connectivity index (χ2v) is 6.74. The smallest absolute Gasteiger partial charge is 0.256 e. The van der Waals surface area contributed by atoms with Crippen LogP contribution < -0.4 is 9.47 Å². The summed E-state index contributed by atoms with van der Waals surface area (Å²) in [4.78, 5) is 14.8. The molecule has 4 rings (SSSR count). The van der Waals surface area contributed by atoms with Gasteiger partial charge < -0.3 is 19.1 Å². The predicted octanol–water partition coefficient (Wildman–Crippen LogP) is 3.51. The summed E-state index contributed by atoms with van der Waals surface area (Å²) >= 11 is 0. The van der Waals surface area contributed by atoms with E-state index in [2.05, 4.69) is 12.1 Å². The average Bonchev–Trinajstić information content (AvgIpc) is 3.17. The van der Waals surface area contributed by atoms with Crippen molar-refractivity contribution in [3.63, 3.8) is 0 Å². The zero-order valence-corrected chi connectivity index (χ0v) is 14.9. The molecule has 0 spiro atoms. The first-order chi connectivity index (χ1) is 12.8. The van der Waals surface area contributed by atoms with E-state index in [1.54, 1.807) is 7.11 Å². The summed E-state index contributed by atoms with van der Waals surface area (Å²) < 4.78 is 16.4. The van der Waals surface area contributed by atoms with Crippen molar-refractivity contribution in [2.24, 2.45) is 0 Å². The standard InChI is InChI=1S/C21H23NO4/c1-24-20(16-5-3-2-4-6-16)21(23)22-11-9-15(10-12-22)17-7-8-18-19(13-17)26-14-25-18/h2-8,13,15,20H,9-12,14H2,1H3/t20-/m1/s1. The van der Waals surface area contributed by atoms with Crippen molar-refractivity contribution < 1.29 is 19.0 Å². The largest absolute Gasteiger partial charge is 0.454 e. The SMILES string of the molecule is CO[C@@H](C(=O)N1CCC(c2ccc3c(c2)OCO3)CC1)c1ccccc1. The van der Waals surface area contributed by atoms with Crippen LogP contribution in [0.15, 0.2) is 48.5 Å². The Morgan fingerprint density at radius 1 is 1.08 bits per heavy atom. The second-order valence-electron chi connectivity index (χ2n) is 6.74. The van der Waals surface area contributed by atoms with Gasteiger partial charge in [-0.2, -0.15) is 0 Å². The Morgan fingerprint density at radius 2 is 1.81 bits per heavy atom. The molecule has 0 aromatic heterocycles. The van der Waals surface area contributed by atoms with Crippen molar-refractivity contribution in [3.05, 3.63) is 59.7 Å². The van der Waals surface area contributed by atoms with Crippen molar-refractivity contribution in [1.82, 2.24) is 4.90 Å². The van der Waals surface area contributed by atoms with E-state index >= 15 is 0 Å². The van der Waals surface area contributed by atoms with Crippen LogP contribution in [0.25, 0.3) is 0 Å². The molecule has 1 saturated heterocycles. The van der Waals surface area contributed by atoms with Crippen molar-refractivity contribution >= 4 is 5.91 Å². The number of hydrogen-bond acceptors (Lipinski definition) is 4. The molecule has 0 radical (unpaired) electrons. The number of carbonyl (C=O) groups excluding carboxylic acids is 1. The van der Waals surface area contributed by atoms with E-state index < -0.39 is 6.10 Å². The Kier molecular flexibility index (Phi) is 4.80. The molecule has 0 N–H and O–H groups in total. The predicted molar refractivity (Wildman–Crippen MR) is 97.3 cm³/mol. The molecule has 5 nitrogen and oxygen atoms in total. The zero-order chi connectivity index (χ0) is 17.9. The summed E-state index contributed by atoms with van der Waals surface area (Å²) in [7, 11) is 1.59. The summed E-state index contributed by atoms with van der Waals surface area (Å²) in [5.74, 6) is 2.12. The van der Waals surface area contributed by atoms with Gasteiger partial charge in [0, 0.05) is 20.2 Å². The molecule has 0 aliphatic carbocycles. The molecule has 2 heterocycles. The monoisotopic (exact) mass is 353 g/mol. The van der Waals surface area contributed by atoms with Crippen LogP contribution in [-0.2, 0) is 9.53 Å². The number of methoxy groups -OCH3 is 1. The molecule has 136 valence electrons. The van der Waals surface area contributed by atoms with Gasteiger partial charge >= 0.3 is 0 Å². The Bertz CT molecular complexity index is 769. The Morgan fingerprint density at radius 3 is 2.54 bits per heavy atom. The normalized spacial score (nSPS) is 18.0. The highest BCUT2D eigenvalue weighted by Gasteiger charge is 2.30. The fraction of sp³-hybridized carbons (Fsp3) is 0.381. The summed E-state index contributed by atoms with van der Waals surface area (Å²) in [5.41, 5.74) is 2.16. The van der Waals surface area contributed by atoms with Gasteiger partial charge in [-0.1, -0.05) is 36.4 Å². The number of likely N-dealkylation sites (tertiary alicyclic amines) is 1. The lowest BCUT2D eigenvalue weighted by atomic mass is 9.89. The number of benzene rings is 2. The minimum Gasteiger partial charge on any atom is -0.454 e. The third kappa shape index (κ3) is 3.27. The zero-order valence-electron chi connectivity index (χ0n) is 14.9. The van der Waals surface area contributed by atoms with E-state index in [0.29, 0.717) is 12.7 Å². The lowest BCUT2D eigenvalue weighted by molar-refractivity contribution is -0.143. The molecule has 5 heteroatoms. The third-order valence-electron chi connectivity index (χ3n) is 5.24. The maximum Gasteiger partial charge on any atom is 0.256 e. The Balaban J connectivity index is 1.40. The third-order valence-corrected chi connectivity index (χ3v) is 5.24. The number of fused-ring (bicyclic) bond motifs is 1. The van der Waals surface area contributed by atoms with Gasteiger partial charge in [-0.15, -0.1) is 0 Å². The number of ether oxygens (including phenoxy) is 3. The molecular formula is C21H23NO4. The van der Waals surface area contributed by atoms with E-state index in [1.807, 2.05) is 41.3 Å². The van der Waals surface area contributed by atoms with Gasteiger partial charge in [0.2, 0.25) is 6.79 Å². The molecule has 2 aliphatic heterocycles. The molecule has 1 atom stereocenters.